The van der Waals surface area contributed by atoms with E-state index in [4.69, 9.17) is 9.47 Å². The highest BCUT2D eigenvalue weighted by molar-refractivity contribution is 7.11. The minimum Gasteiger partial charge on any atom is -0.485 e. The van der Waals surface area contributed by atoms with Crippen LogP contribution in [0.4, 0.5) is 0 Å². The van der Waals surface area contributed by atoms with E-state index in [9.17, 15) is 9.59 Å². The summed E-state index contributed by atoms with van der Waals surface area (Å²) in [7, 11) is 0. The molecule has 0 bridgehead atoms. The molecule has 0 unspecified atom stereocenters. The van der Waals surface area contributed by atoms with Crippen molar-refractivity contribution in [3.8, 4) is 11.5 Å². The van der Waals surface area contributed by atoms with Crippen molar-refractivity contribution in [1.29, 1.82) is 0 Å². The number of amides is 2. The van der Waals surface area contributed by atoms with Gasteiger partial charge in [-0.25, -0.2) is 5.43 Å². The number of fused-ring (bicyclic) bond motifs is 1. The maximum absolute atomic E-state index is 12.0. The van der Waals surface area contributed by atoms with E-state index in [1.807, 2.05) is 23.6 Å². The van der Waals surface area contributed by atoms with Gasteiger partial charge in [0, 0.05) is 4.88 Å². The van der Waals surface area contributed by atoms with Crippen molar-refractivity contribution in [2.45, 2.75) is 6.10 Å². The first kappa shape index (κ1) is 16.0. The lowest BCUT2D eigenvalue weighted by Crippen LogP contribution is -2.46. The van der Waals surface area contributed by atoms with Crippen LogP contribution in [0.5, 0.6) is 11.5 Å². The first-order valence-electron chi connectivity index (χ1n) is 7.24. The Balaban J connectivity index is 1.43. The maximum atomic E-state index is 12.0. The number of nitrogens with zero attached hydrogens (tertiary/aromatic N) is 1. The van der Waals surface area contributed by atoms with Crippen LogP contribution < -0.4 is 20.2 Å². The van der Waals surface area contributed by atoms with E-state index in [-0.39, 0.29) is 13.2 Å². The van der Waals surface area contributed by atoms with Crippen molar-refractivity contribution in [3.05, 3.63) is 46.7 Å². The van der Waals surface area contributed by atoms with Crippen molar-refractivity contribution in [1.82, 2.24) is 10.7 Å². The average Bonchev–Trinajstić information content (AvgIpc) is 3.12. The van der Waals surface area contributed by atoms with E-state index < -0.39 is 17.9 Å². The monoisotopic (exact) mass is 345 g/mol. The standard InChI is InChI=1S/C16H15N3O4S/c20-15(19-18-8-11-4-3-7-24-11)9-17-16(21)14-10-22-12-5-1-2-6-13(12)23-14/h1-8,14H,9-10H2,(H,17,21)(H,19,20)/b18-8-/t14-/m0/s1. The van der Waals surface area contributed by atoms with Gasteiger partial charge < -0.3 is 14.8 Å². The molecule has 0 spiro atoms. The van der Waals surface area contributed by atoms with E-state index in [2.05, 4.69) is 15.8 Å². The molecule has 2 heterocycles. The molecule has 1 atom stereocenters. The fraction of sp³-hybridized carbons (Fsp3) is 0.188. The maximum Gasteiger partial charge on any atom is 0.265 e. The van der Waals surface area contributed by atoms with Gasteiger partial charge in [0.2, 0.25) is 6.10 Å². The summed E-state index contributed by atoms with van der Waals surface area (Å²) in [5.41, 5.74) is 2.35. The molecule has 0 saturated heterocycles. The molecule has 124 valence electrons. The lowest BCUT2D eigenvalue weighted by atomic mass is 10.2. The van der Waals surface area contributed by atoms with Gasteiger partial charge in [-0.05, 0) is 23.6 Å². The highest BCUT2D eigenvalue weighted by atomic mass is 32.1. The fourth-order valence-electron chi connectivity index (χ4n) is 2.00. The average molecular weight is 345 g/mol. The van der Waals surface area contributed by atoms with Crippen LogP contribution in [0.1, 0.15) is 4.88 Å². The van der Waals surface area contributed by atoms with E-state index in [0.29, 0.717) is 11.5 Å². The van der Waals surface area contributed by atoms with E-state index in [1.165, 1.54) is 11.3 Å². The Morgan fingerprint density at radius 2 is 2.08 bits per heavy atom. The smallest absolute Gasteiger partial charge is 0.265 e. The Labute approximate surface area is 142 Å². The second kappa shape index (κ2) is 7.60. The minimum atomic E-state index is -0.790. The number of carbonyl (C=O) groups excluding carboxylic acids is 2. The van der Waals surface area contributed by atoms with Gasteiger partial charge in [-0.3, -0.25) is 9.59 Å². The van der Waals surface area contributed by atoms with Crippen LogP contribution in [0.3, 0.4) is 0 Å². The zero-order chi connectivity index (χ0) is 16.8. The Hall–Kier alpha value is -2.87. The summed E-state index contributed by atoms with van der Waals surface area (Å²) in [4.78, 5) is 24.6. The summed E-state index contributed by atoms with van der Waals surface area (Å²) in [6.45, 7) is -0.0941. The summed E-state index contributed by atoms with van der Waals surface area (Å²) in [6.07, 6.45) is 0.752. The lowest BCUT2D eigenvalue weighted by Gasteiger charge is -2.25. The quantitative estimate of drug-likeness (QED) is 0.628. The molecule has 24 heavy (non-hydrogen) atoms. The molecule has 0 aliphatic carbocycles. The number of nitrogens with one attached hydrogen (secondary N) is 2. The second-order valence-electron chi connectivity index (χ2n) is 4.89. The Morgan fingerprint density at radius 3 is 2.88 bits per heavy atom. The molecule has 0 saturated carbocycles. The Bertz CT molecular complexity index is 746. The summed E-state index contributed by atoms with van der Waals surface area (Å²) < 4.78 is 11.0. The third kappa shape index (κ3) is 4.11. The topological polar surface area (TPSA) is 89.0 Å². The first-order valence-corrected chi connectivity index (χ1v) is 8.12. The molecule has 1 aromatic heterocycles. The van der Waals surface area contributed by atoms with Gasteiger partial charge in [0.15, 0.2) is 11.5 Å². The van der Waals surface area contributed by atoms with Gasteiger partial charge in [-0.1, -0.05) is 18.2 Å². The predicted molar refractivity (Wildman–Crippen MR) is 89.4 cm³/mol. The minimum absolute atomic E-state index is 0.0982. The zero-order valence-electron chi connectivity index (χ0n) is 12.6. The van der Waals surface area contributed by atoms with Crippen molar-refractivity contribution in [2.75, 3.05) is 13.2 Å². The molecule has 8 heteroatoms. The summed E-state index contributed by atoms with van der Waals surface area (Å²) >= 11 is 1.51. The predicted octanol–water partition coefficient (Wildman–Crippen LogP) is 1.15. The van der Waals surface area contributed by atoms with Crippen molar-refractivity contribution >= 4 is 29.4 Å². The third-order valence-electron chi connectivity index (χ3n) is 3.15. The number of hydrazone groups is 1. The number of carbonyl (C=O) groups is 2. The van der Waals surface area contributed by atoms with Crippen LogP contribution in [0.2, 0.25) is 0 Å². The van der Waals surface area contributed by atoms with Crippen LogP contribution in [-0.4, -0.2) is 37.3 Å². The van der Waals surface area contributed by atoms with Crippen LogP contribution in [0.25, 0.3) is 0 Å². The second-order valence-corrected chi connectivity index (χ2v) is 5.87. The number of thiophene rings is 1. The van der Waals surface area contributed by atoms with Gasteiger partial charge >= 0.3 is 0 Å². The molecule has 1 aromatic carbocycles. The molecule has 7 nitrogen and oxygen atoms in total. The van der Waals surface area contributed by atoms with E-state index >= 15 is 0 Å². The van der Waals surface area contributed by atoms with Crippen LogP contribution in [0.15, 0.2) is 46.9 Å². The van der Waals surface area contributed by atoms with Crippen LogP contribution in [0, 0.1) is 0 Å². The van der Waals surface area contributed by atoms with Crippen molar-refractivity contribution in [3.63, 3.8) is 0 Å². The molecule has 2 aromatic rings. The fourth-order valence-corrected chi connectivity index (χ4v) is 2.59. The van der Waals surface area contributed by atoms with Gasteiger partial charge in [-0.2, -0.15) is 5.10 Å². The van der Waals surface area contributed by atoms with Gasteiger partial charge in [0.05, 0.1) is 12.8 Å². The lowest BCUT2D eigenvalue weighted by molar-refractivity contribution is -0.132. The molecule has 0 radical (unpaired) electrons. The summed E-state index contributed by atoms with van der Waals surface area (Å²) in [6, 6.07) is 10.9. The number of para-hydroxylation sites is 2. The molecule has 1 aliphatic rings. The zero-order valence-corrected chi connectivity index (χ0v) is 13.4. The molecule has 2 N–H and O–H groups in total. The highest BCUT2D eigenvalue weighted by Crippen LogP contribution is 2.30. The number of hydrogen-bond acceptors (Lipinski definition) is 6. The first-order chi connectivity index (χ1) is 11.7. The Kier molecular flexibility index (Phi) is 5.07. The third-order valence-corrected chi connectivity index (χ3v) is 3.96. The Morgan fingerprint density at radius 1 is 1.25 bits per heavy atom. The van der Waals surface area contributed by atoms with Gasteiger partial charge in [-0.15, -0.1) is 11.3 Å². The molecular weight excluding hydrogens is 330 g/mol. The number of hydrogen-bond donors (Lipinski definition) is 2. The van der Waals surface area contributed by atoms with E-state index in [1.54, 1.807) is 24.4 Å². The molecule has 2 amide bonds. The van der Waals surface area contributed by atoms with Gasteiger partial charge in [0.1, 0.15) is 6.61 Å². The SMILES string of the molecule is O=C(CNC(=O)[C@@H]1COc2ccccc2O1)N/N=C\c1cccs1. The van der Waals surface area contributed by atoms with Crippen molar-refractivity contribution < 1.29 is 19.1 Å². The molecule has 3 rings (SSSR count). The molecule has 0 fully saturated rings. The normalized spacial score (nSPS) is 15.9. The summed E-state index contributed by atoms with van der Waals surface area (Å²) in [5.74, 6) is 0.270. The largest absolute Gasteiger partial charge is 0.485 e. The van der Waals surface area contributed by atoms with Crippen LogP contribution >= 0.6 is 11.3 Å². The molecule has 1 aliphatic heterocycles. The number of benzene rings is 1. The van der Waals surface area contributed by atoms with Crippen molar-refractivity contribution in [2.24, 2.45) is 5.10 Å². The number of rotatable bonds is 5. The van der Waals surface area contributed by atoms with E-state index in [0.717, 1.165) is 4.88 Å². The summed E-state index contributed by atoms with van der Waals surface area (Å²) in [5, 5.41) is 8.22. The highest BCUT2D eigenvalue weighted by Gasteiger charge is 2.27. The molecular formula is C16H15N3O4S. The van der Waals surface area contributed by atoms with Gasteiger partial charge in [0.25, 0.3) is 11.8 Å². The number of ether oxygens (including phenoxy) is 2. The van der Waals surface area contributed by atoms with Crippen LogP contribution in [-0.2, 0) is 9.59 Å².